The first kappa shape index (κ1) is 12.5. The molecular weight excluding hydrogens is 244 g/mol. The van der Waals surface area contributed by atoms with E-state index < -0.39 is 16.3 Å². The van der Waals surface area contributed by atoms with E-state index in [1.54, 1.807) is 11.6 Å². The summed E-state index contributed by atoms with van der Waals surface area (Å²) in [5.74, 6) is 0. The van der Waals surface area contributed by atoms with Crippen LogP contribution < -0.4 is 4.72 Å². The highest BCUT2D eigenvalue weighted by molar-refractivity contribution is 7.87. The van der Waals surface area contributed by atoms with Crippen molar-refractivity contribution in [2.75, 3.05) is 19.7 Å². The van der Waals surface area contributed by atoms with Crippen molar-refractivity contribution in [1.29, 1.82) is 0 Å². The van der Waals surface area contributed by atoms with Crippen molar-refractivity contribution in [2.24, 2.45) is 0 Å². The monoisotopic (exact) mass is 256 g/mol. The summed E-state index contributed by atoms with van der Waals surface area (Å²) in [6, 6.07) is 0. The minimum Gasteiger partial charge on any atom is -0.449 e. The first-order valence-corrected chi connectivity index (χ1v) is 6.42. The first-order valence-electron chi connectivity index (χ1n) is 4.54. The number of nitrogens with one attached hydrogen (secondary N) is 1. The molecule has 0 aromatic carbocycles. The Kier molecular flexibility index (Phi) is 4.18. The quantitative estimate of drug-likeness (QED) is 0.737. The maximum absolute atomic E-state index is 11.5. The molecule has 0 radical (unpaired) electrons. The van der Waals surface area contributed by atoms with Crippen LogP contribution in [0.3, 0.4) is 0 Å². The molecular formula is C7H13ClN2O4S. The Morgan fingerprint density at radius 2 is 2.33 bits per heavy atom. The van der Waals surface area contributed by atoms with Crippen LogP contribution in [0.25, 0.3) is 0 Å². The third-order valence-electron chi connectivity index (χ3n) is 1.92. The molecule has 1 unspecified atom stereocenters. The van der Waals surface area contributed by atoms with E-state index in [9.17, 15) is 13.2 Å². The fourth-order valence-corrected chi connectivity index (χ4v) is 2.70. The lowest BCUT2D eigenvalue weighted by molar-refractivity contribution is 0.158. The lowest BCUT2D eigenvalue weighted by atomic mass is 10.4. The molecule has 1 atom stereocenters. The summed E-state index contributed by atoms with van der Waals surface area (Å²) in [6.07, 6.45) is -0.374. The number of carbonyl (C=O) groups excluding carboxylic acids is 1. The predicted octanol–water partition coefficient (Wildman–Crippen LogP) is 0.290. The Bertz CT molecular complexity index is 332. The first-order chi connectivity index (χ1) is 6.95. The maximum Gasteiger partial charge on any atom is 0.421 e. The molecule has 88 valence electrons. The molecule has 0 aliphatic carbocycles. The predicted molar refractivity (Wildman–Crippen MR) is 54.9 cm³/mol. The van der Waals surface area contributed by atoms with E-state index in [0.717, 1.165) is 4.31 Å². The molecule has 1 rings (SSSR count). The van der Waals surface area contributed by atoms with Crippen LogP contribution >= 0.6 is 11.6 Å². The highest BCUT2D eigenvalue weighted by Crippen LogP contribution is 2.16. The lowest BCUT2D eigenvalue weighted by Gasteiger charge is -2.15. The second kappa shape index (κ2) is 5.00. The number of nitrogens with zero attached hydrogens (tertiary/aromatic N) is 1. The van der Waals surface area contributed by atoms with E-state index in [-0.39, 0.29) is 18.5 Å². The highest BCUT2D eigenvalue weighted by Gasteiger charge is 2.31. The van der Waals surface area contributed by atoms with E-state index in [1.165, 1.54) is 0 Å². The van der Waals surface area contributed by atoms with Crippen molar-refractivity contribution in [3.63, 3.8) is 0 Å². The number of hydrogen-bond donors (Lipinski definition) is 1. The second-order valence-electron chi connectivity index (χ2n) is 3.07. The number of carbonyl (C=O) groups is 1. The Balaban J connectivity index is 2.56. The third-order valence-corrected chi connectivity index (χ3v) is 3.71. The van der Waals surface area contributed by atoms with Crippen molar-refractivity contribution < 1.29 is 17.9 Å². The molecule has 1 saturated heterocycles. The SMILES string of the molecule is CCOC(=O)NS(=O)(=O)N1CCC(Cl)C1. The topological polar surface area (TPSA) is 75.7 Å². The molecule has 1 fully saturated rings. The van der Waals surface area contributed by atoms with E-state index in [4.69, 9.17) is 11.6 Å². The molecule has 15 heavy (non-hydrogen) atoms. The number of alkyl halides is 1. The zero-order chi connectivity index (χ0) is 11.5. The molecule has 1 heterocycles. The lowest BCUT2D eigenvalue weighted by Crippen LogP contribution is -2.42. The van der Waals surface area contributed by atoms with Crippen LogP contribution in [0.4, 0.5) is 4.79 Å². The largest absolute Gasteiger partial charge is 0.449 e. The fraction of sp³-hybridized carbons (Fsp3) is 0.857. The van der Waals surface area contributed by atoms with E-state index in [0.29, 0.717) is 13.0 Å². The normalized spacial score (nSPS) is 22.7. The second-order valence-corrected chi connectivity index (χ2v) is 5.36. The highest BCUT2D eigenvalue weighted by atomic mass is 35.5. The van der Waals surface area contributed by atoms with Gasteiger partial charge < -0.3 is 4.74 Å². The van der Waals surface area contributed by atoms with Crippen LogP contribution in [-0.4, -0.2) is 43.9 Å². The summed E-state index contributed by atoms with van der Waals surface area (Å²) >= 11 is 5.76. The molecule has 0 spiro atoms. The number of rotatable bonds is 3. The van der Waals surface area contributed by atoms with Crippen molar-refractivity contribution in [3.05, 3.63) is 0 Å². The van der Waals surface area contributed by atoms with Crippen molar-refractivity contribution in [1.82, 2.24) is 9.03 Å². The van der Waals surface area contributed by atoms with E-state index >= 15 is 0 Å². The molecule has 8 heteroatoms. The number of hydrogen-bond acceptors (Lipinski definition) is 4. The fourth-order valence-electron chi connectivity index (χ4n) is 1.24. The molecule has 0 saturated carbocycles. The maximum atomic E-state index is 11.5. The molecule has 1 aliphatic rings. The van der Waals surface area contributed by atoms with Gasteiger partial charge in [0, 0.05) is 18.5 Å². The number of amides is 1. The van der Waals surface area contributed by atoms with Crippen molar-refractivity contribution >= 4 is 27.9 Å². The van der Waals surface area contributed by atoms with Gasteiger partial charge in [0.2, 0.25) is 0 Å². The van der Waals surface area contributed by atoms with Gasteiger partial charge in [-0.1, -0.05) is 0 Å². The summed E-state index contributed by atoms with van der Waals surface area (Å²) in [5, 5.41) is -0.191. The van der Waals surface area contributed by atoms with Gasteiger partial charge in [0.25, 0.3) is 0 Å². The van der Waals surface area contributed by atoms with Gasteiger partial charge in [-0.25, -0.2) is 9.52 Å². The minimum atomic E-state index is -3.79. The molecule has 0 aromatic heterocycles. The zero-order valence-electron chi connectivity index (χ0n) is 8.27. The van der Waals surface area contributed by atoms with Gasteiger partial charge in [-0.3, -0.25) is 0 Å². The summed E-state index contributed by atoms with van der Waals surface area (Å²) in [5.41, 5.74) is 0. The van der Waals surface area contributed by atoms with Gasteiger partial charge in [-0.15, -0.1) is 11.6 Å². The summed E-state index contributed by atoms with van der Waals surface area (Å²) < 4.78 is 30.4. The zero-order valence-corrected chi connectivity index (χ0v) is 9.84. The van der Waals surface area contributed by atoms with Crippen LogP contribution in [0, 0.1) is 0 Å². The van der Waals surface area contributed by atoms with Crippen LogP contribution in [-0.2, 0) is 14.9 Å². The molecule has 1 N–H and O–H groups in total. The molecule has 6 nitrogen and oxygen atoms in total. The van der Waals surface area contributed by atoms with Gasteiger partial charge in [-0.05, 0) is 13.3 Å². The van der Waals surface area contributed by atoms with Crippen molar-refractivity contribution in [2.45, 2.75) is 18.7 Å². The Morgan fingerprint density at radius 1 is 1.67 bits per heavy atom. The van der Waals surface area contributed by atoms with Crippen LogP contribution in [0.5, 0.6) is 0 Å². The Morgan fingerprint density at radius 3 is 2.80 bits per heavy atom. The molecule has 0 aromatic rings. The Labute approximate surface area is 93.7 Å². The summed E-state index contributed by atoms with van der Waals surface area (Å²) in [4.78, 5) is 10.9. The molecule has 1 aliphatic heterocycles. The third kappa shape index (κ3) is 3.51. The van der Waals surface area contributed by atoms with E-state index in [1.807, 2.05) is 0 Å². The van der Waals surface area contributed by atoms with Crippen LogP contribution in [0.1, 0.15) is 13.3 Å². The molecule has 0 bridgehead atoms. The van der Waals surface area contributed by atoms with Gasteiger partial charge >= 0.3 is 16.3 Å². The average molecular weight is 257 g/mol. The van der Waals surface area contributed by atoms with E-state index in [2.05, 4.69) is 4.74 Å². The number of ether oxygens (including phenoxy) is 1. The van der Waals surface area contributed by atoms with Gasteiger partial charge in [0.05, 0.1) is 6.61 Å². The van der Waals surface area contributed by atoms with Gasteiger partial charge in [0.1, 0.15) is 0 Å². The summed E-state index contributed by atoms with van der Waals surface area (Å²) in [6.45, 7) is 2.26. The minimum absolute atomic E-state index is 0.124. The Hall–Kier alpha value is -0.530. The standard InChI is InChI=1S/C7H13ClN2O4S/c1-2-14-7(11)9-15(12,13)10-4-3-6(8)5-10/h6H,2-5H2,1H3,(H,9,11). The van der Waals surface area contributed by atoms with Crippen LogP contribution in [0.2, 0.25) is 0 Å². The summed E-state index contributed by atoms with van der Waals surface area (Å²) in [7, 11) is -3.79. The average Bonchev–Trinajstić information content (AvgIpc) is 2.51. The van der Waals surface area contributed by atoms with Crippen molar-refractivity contribution in [3.8, 4) is 0 Å². The van der Waals surface area contributed by atoms with Gasteiger partial charge in [0.15, 0.2) is 0 Å². The van der Waals surface area contributed by atoms with Crippen LogP contribution in [0.15, 0.2) is 0 Å². The smallest absolute Gasteiger partial charge is 0.421 e. The van der Waals surface area contributed by atoms with Gasteiger partial charge in [-0.2, -0.15) is 12.7 Å². The molecule has 1 amide bonds. The number of halogens is 1.